The molecule has 0 amide bonds. The molecule has 0 bridgehead atoms. The Labute approximate surface area is 130 Å². The molecular weight excluding hydrogens is 311 g/mol. The first-order valence-corrected chi connectivity index (χ1v) is 7.17. The fourth-order valence-electron chi connectivity index (χ4n) is 2.72. The second-order valence-corrected chi connectivity index (χ2v) is 5.63. The lowest BCUT2D eigenvalue weighted by Gasteiger charge is -2.28. The highest BCUT2D eigenvalue weighted by Crippen LogP contribution is 2.20. The van der Waals surface area contributed by atoms with Crippen LogP contribution in [0, 0.1) is 0 Å². The second-order valence-electron chi connectivity index (χ2n) is 5.63. The van der Waals surface area contributed by atoms with Crippen LogP contribution >= 0.6 is 0 Å². The Hall–Kier alpha value is -2.16. The van der Waals surface area contributed by atoms with Crippen molar-refractivity contribution in [1.29, 1.82) is 0 Å². The number of alkyl halides is 3. The Bertz CT molecular complexity index is 765. The SMILES string of the molecule is Cn1nc2c(cc1=O)CN(Cc1nccn1CC(F)(F)F)CC2. The Morgan fingerprint density at radius 2 is 2.13 bits per heavy atom. The van der Waals surface area contributed by atoms with Crippen molar-refractivity contribution >= 4 is 0 Å². The maximum Gasteiger partial charge on any atom is 0.406 e. The molecule has 1 aliphatic rings. The normalized spacial score (nSPS) is 15.7. The first-order chi connectivity index (χ1) is 10.8. The fraction of sp³-hybridized carbons (Fsp3) is 0.500. The molecule has 0 saturated carbocycles. The van der Waals surface area contributed by atoms with Crippen molar-refractivity contribution in [2.24, 2.45) is 7.05 Å². The highest BCUT2D eigenvalue weighted by atomic mass is 19.4. The number of nitrogens with zero attached hydrogens (tertiary/aromatic N) is 5. The monoisotopic (exact) mass is 327 g/mol. The molecule has 0 N–H and O–H groups in total. The van der Waals surface area contributed by atoms with E-state index >= 15 is 0 Å². The van der Waals surface area contributed by atoms with E-state index in [-0.39, 0.29) is 5.56 Å². The third-order valence-corrected chi connectivity index (χ3v) is 3.83. The van der Waals surface area contributed by atoms with Gasteiger partial charge in [-0.2, -0.15) is 18.3 Å². The van der Waals surface area contributed by atoms with Crippen molar-refractivity contribution in [3.8, 4) is 0 Å². The van der Waals surface area contributed by atoms with E-state index in [0.717, 1.165) is 15.8 Å². The largest absolute Gasteiger partial charge is 0.406 e. The van der Waals surface area contributed by atoms with Gasteiger partial charge in [0.1, 0.15) is 12.4 Å². The predicted octanol–water partition coefficient (Wildman–Crippen LogP) is 1.10. The summed E-state index contributed by atoms with van der Waals surface area (Å²) in [5.41, 5.74) is 1.50. The number of hydrogen-bond donors (Lipinski definition) is 0. The number of aromatic nitrogens is 4. The van der Waals surface area contributed by atoms with Crippen LogP contribution in [0.5, 0.6) is 0 Å². The summed E-state index contributed by atoms with van der Waals surface area (Å²) in [6.07, 6.45) is -0.919. The Morgan fingerprint density at radius 1 is 1.35 bits per heavy atom. The number of halogens is 3. The molecule has 3 heterocycles. The van der Waals surface area contributed by atoms with Crippen LogP contribution in [-0.2, 0) is 33.1 Å². The lowest BCUT2D eigenvalue weighted by atomic mass is 10.1. The smallest absolute Gasteiger partial charge is 0.325 e. The topological polar surface area (TPSA) is 56.0 Å². The van der Waals surface area contributed by atoms with Gasteiger partial charge in [-0.05, 0) is 5.56 Å². The van der Waals surface area contributed by atoms with Gasteiger partial charge in [0, 0.05) is 45.0 Å². The van der Waals surface area contributed by atoms with E-state index in [4.69, 9.17) is 0 Å². The van der Waals surface area contributed by atoms with Gasteiger partial charge in [0.15, 0.2) is 0 Å². The molecule has 0 aromatic carbocycles. The molecule has 0 radical (unpaired) electrons. The molecule has 23 heavy (non-hydrogen) atoms. The highest BCUT2D eigenvalue weighted by molar-refractivity contribution is 5.20. The van der Waals surface area contributed by atoms with Gasteiger partial charge in [0.25, 0.3) is 5.56 Å². The van der Waals surface area contributed by atoms with Crippen molar-refractivity contribution in [1.82, 2.24) is 24.2 Å². The molecule has 0 atom stereocenters. The van der Waals surface area contributed by atoms with Crippen LogP contribution in [0.3, 0.4) is 0 Å². The molecule has 1 aliphatic heterocycles. The fourth-order valence-corrected chi connectivity index (χ4v) is 2.72. The van der Waals surface area contributed by atoms with Crippen molar-refractivity contribution < 1.29 is 13.2 Å². The lowest BCUT2D eigenvalue weighted by molar-refractivity contribution is -0.141. The van der Waals surface area contributed by atoms with Crippen LogP contribution in [0.1, 0.15) is 17.1 Å². The van der Waals surface area contributed by atoms with E-state index in [9.17, 15) is 18.0 Å². The van der Waals surface area contributed by atoms with Gasteiger partial charge in [0.05, 0.1) is 12.2 Å². The summed E-state index contributed by atoms with van der Waals surface area (Å²) < 4.78 is 40.1. The minimum atomic E-state index is -4.28. The van der Waals surface area contributed by atoms with E-state index in [2.05, 4.69) is 10.1 Å². The number of aryl methyl sites for hydroxylation is 1. The summed E-state index contributed by atoms with van der Waals surface area (Å²) in [6.45, 7) is 0.404. The van der Waals surface area contributed by atoms with E-state index in [0.29, 0.717) is 31.9 Å². The van der Waals surface area contributed by atoms with Crippen LogP contribution < -0.4 is 5.56 Å². The Balaban J connectivity index is 1.74. The van der Waals surface area contributed by atoms with Crippen LogP contribution in [0.4, 0.5) is 13.2 Å². The van der Waals surface area contributed by atoms with Gasteiger partial charge in [-0.3, -0.25) is 9.69 Å². The minimum absolute atomic E-state index is 0.191. The van der Waals surface area contributed by atoms with Crippen molar-refractivity contribution in [3.05, 3.63) is 45.9 Å². The average molecular weight is 327 g/mol. The van der Waals surface area contributed by atoms with Crippen LogP contribution in [0.2, 0.25) is 0 Å². The maximum atomic E-state index is 12.5. The number of rotatable bonds is 3. The predicted molar refractivity (Wildman–Crippen MR) is 75.6 cm³/mol. The summed E-state index contributed by atoms with van der Waals surface area (Å²) in [5.74, 6) is 0.363. The second kappa shape index (κ2) is 5.80. The number of fused-ring (bicyclic) bond motifs is 1. The number of hydrogen-bond acceptors (Lipinski definition) is 4. The summed E-state index contributed by atoms with van der Waals surface area (Å²) in [6, 6.07) is 1.54. The van der Waals surface area contributed by atoms with Crippen LogP contribution in [0.15, 0.2) is 23.3 Å². The quantitative estimate of drug-likeness (QED) is 0.847. The zero-order valence-electron chi connectivity index (χ0n) is 12.5. The molecular formula is C14H16F3N5O. The zero-order valence-corrected chi connectivity index (χ0v) is 12.5. The summed E-state index contributed by atoms with van der Waals surface area (Å²) >= 11 is 0. The molecule has 0 spiro atoms. The van der Waals surface area contributed by atoms with E-state index in [1.54, 1.807) is 7.05 Å². The molecule has 0 aliphatic carbocycles. The Kier molecular flexibility index (Phi) is 3.97. The average Bonchev–Trinajstić information content (AvgIpc) is 2.85. The van der Waals surface area contributed by atoms with Gasteiger partial charge < -0.3 is 4.57 Å². The third-order valence-electron chi connectivity index (χ3n) is 3.83. The molecule has 3 rings (SSSR count). The summed E-state index contributed by atoms with van der Waals surface area (Å²) in [5, 5.41) is 4.22. The van der Waals surface area contributed by atoms with Crippen molar-refractivity contribution in [2.45, 2.75) is 32.2 Å². The molecule has 6 nitrogen and oxygen atoms in total. The van der Waals surface area contributed by atoms with Crippen molar-refractivity contribution in [2.75, 3.05) is 6.54 Å². The highest BCUT2D eigenvalue weighted by Gasteiger charge is 2.29. The maximum absolute atomic E-state index is 12.5. The van der Waals surface area contributed by atoms with E-state index < -0.39 is 12.7 Å². The molecule has 0 saturated heterocycles. The van der Waals surface area contributed by atoms with E-state index in [1.807, 2.05) is 4.90 Å². The van der Waals surface area contributed by atoms with Gasteiger partial charge in [0.2, 0.25) is 0 Å². The summed E-state index contributed by atoms with van der Waals surface area (Å²) in [7, 11) is 1.60. The molecule has 9 heteroatoms. The first kappa shape index (κ1) is 15.7. The van der Waals surface area contributed by atoms with Crippen LogP contribution in [0.25, 0.3) is 0 Å². The van der Waals surface area contributed by atoms with E-state index in [1.165, 1.54) is 23.1 Å². The zero-order chi connectivity index (χ0) is 16.6. The van der Waals surface area contributed by atoms with Crippen LogP contribution in [-0.4, -0.2) is 37.0 Å². The van der Waals surface area contributed by atoms with Crippen molar-refractivity contribution in [3.63, 3.8) is 0 Å². The molecule has 2 aromatic rings. The third kappa shape index (κ3) is 3.61. The standard InChI is InChI=1S/C14H16F3N5O/c1-20-13(23)6-10-7-21(4-2-11(10)19-20)8-12-18-3-5-22(12)9-14(15,16)17/h3,5-6H,2,4,7-9H2,1H3. The molecule has 124 valence electrons. The molecule has 0 unspecified atom stereocenters. The molecule has 2 aromatic heterocycles. The van der Waals surface area contributed by atoms with Gasteiger partial charge in [-0.1, -0.05) is 0 Å². The van der Waals surface area contributed by atoms with Gasteiger partial charge >= 0.3 is 6.18 Å². The summed E-state index contributed by atoms with van der Waals surface area (Å²) in [4.78, 5) is 17.7. The van der Waals surface area contributed by atoms with Gasteiger partial charge in [-0.25, -0.2) is 9.67 Å². The minimum Gasteiger partial charge on any atom is -0.325 e. The molecule has 0 fully saturated rings. The first-order valence-electron chi connectivity index (χ1n) is 7.17. The number of imidazole rings is 1. The van der Waals surface area contributed by atoms with Gasteiger partial charge in [-0.15, -0.1) is 0 Å². The Morgan fingerprint density at radius 3 is 2.87 bits per heavy atom. The lowest BCUT2D eigenvalue weighted by Crippen LogP contribution is -2.35.